The van der Waals surface area contributed by atoms with Crippen LogP contribution in [-0.4, -0.2) is 64.7 Å². The van der Waals surface area contributed by atoms with E-state index in [1.54, 1.807) is 6.07 Å². The summed E-state index contributed by atoms with van der Waals surface area (Å²) in [5.41, 5.74) is 0. The van der Waals surface area contributed by atoms with Crippen LogP contribution in [0.5, 0.6) is 0 Å². The van der Waals surface area contributed by atoms with Crippen LogP contribution in [0.2, 0.25) is 5.15 Å². The van der Waals surface area contributed by atoms with Gasteiger partial charge in [0.15, 0.2) is 5.16 Å². The zero-order chi connectivity index (χ0) is 20.1. The Balaban J connectivity index is 1.57. The van der Waals surface area contributed by atoms with E-state index in [1.807, 2.05) is 4.90 Å². The maximum Gasteiger partial charge on any atom is 0.230 e. The van der Waals surface area contributed by atoms with E-state index in [2.05, 4.69) is 34.0 Å². The summed E-state index contributed by atoms with van der Waals surface area (Å²) in [5.74, 6) is 1.53. The Kier molecular flexibility index (Phi) is 7.40. The van der Waals surface area contributed by atoms with Crippen molar-refractivity contribution in [2.75, 3.05) is 36.8 Å². The SMILES string of the molecule is CCCCNC(=O)CSc1nc(Cl)cc(N2CCN(C(=O)C3CC3)[C@@H](C)C2)n1. The van der Waals surface area contributed by atoms with Crippen molar-refractivity contribution in [3.63, 3.8) is 0 Å². The Morgan fingerprint density at radius 3 is 2.79 bits per heavy atom. The van der Waals surface area contributed by atoms with Crippen molar-refractivity contribution in [2.45, 2.75) is 50.7 Å². The van der Waals surface area contributed by atoms with Gasteiger partial charge in [-0.05, 0) is 26.2 Å². The van der Waals surface area contributed by atoms with E-state index in [4.69, 9.17) is 11.6 Å². The average Bonchev–Trinajstić information content (AvgIpc) is 3.51. The molecule has 0 radical (unpaired) electrons. The molecule has 28 heavy (non-hydrogen) atoms. The van der Waals surface area contributed by atoms with Gasteiger partial charge in [-0.3, -0.25) is 9.59 Å². The van der Waals surface area contributed by atoms with E-state index >= 15 is 0 Å². The number of carbonyl (C=O) groups excluding carboxylic acids is 2. The van der Waals surface area contributed by atoms with Crippen LogP contribution < -0.4 is 10.2 Å². The summed E-state index contributed by atoms with van der Waals surface area (Å²) in [5, 5.41) is 3.75. The molecule has 1 aliphatic carbocycles. The van der Waals surface area contributed by atoms with Crippen LogP contribution in [0.25, 0.3) is 0 Å². The Morgan fingerprint density at radius 2 is 2.11 bits per heavy atom. The molecule has 1 N–H and O–H groups in total. The molecule has 2 fully saturated rings. The van der Waals surface area contributed by atoms with Crippen molar-refractivity contribution < 1.29 is 9.59 Å². The fourth-order valence-electron chi connectivity index (χ4n) is 3.26. The highest BCUT2D eigenvalue weighted by atomic mass is 35.5. The van der Waals surface area contributed by atoms with Crippen molar-refractivity contribution >= 4 is 41.0 Å². The number of hydrogen-bond donors (Lipinski definition) is 1. The first-order valence-electron chi connectivity index (χ1n) is 9.97. The Labute approximate surface area is 175 Å². The van der Waals surface area contributed by atoms with Gasteiger partial charge in [0.25, 0.3) is 0 Å². The maximum atomic E-state index is 12.4. The van der Waals surface area contributed by atoms with Crippen molar-refractivity contribution in [3.8, 4) is 0 Å². The van der Waals surface area contributed by atoms with Crippen molar-refractivity contribution in [2.24, 2.45) is 5.92 Å². The third kappa shape index (κ3) is 5.73. The van der Waals surface area contributed by atoms with Crippen LogP contribution in [0.3, 0.4) is 0 Å². The molecule has 2 heterocycles. The van der Waals surface area contributed by atoms with E-state index in [9.17, 15) is 9.59 Å². The van der Waals surface area contributed by atoms with Gasteiger partial charge in [-0.15, -0.1) is 0 Å². The lowest BCUT2D eigenvalue weighted by molar-refractivity contribution is -0.135. The molecule has 1 aromatic rings. The molecular weight excluding hydrogens is 398 g/mol. The van der Waals surface area contributed by atoms with E-state index in [1.165, 1.54) is 11.8 Å². The summed E-state index contributed by atoms with van der Waals surface area (Å²) in [6, 6.07) is 1.88. The zero-order valence-electron chi connectivity index (χ0n) is 16.5. The Morgan fingerprint density at radius 1 is 1.32 bits per heavy atom. The molecule has 1 saturated carbocycles. The van der Waals surface area contributed by atoms with Gasteiger partial charge in [0.1, 0.15) is 11.0 Å². The highest BCUT2D eigenvalue weighted by molar-refractivity contribution is 7.99. The smallest absolute Gasteiger partial charge is 0.230 e. The van der Waals surface area contributed by atoms with Crippen molar-refractivity contribution in [1.29, 1.82) is 0 Å². The zero-order valence-corrected chi connectivity index (χ0v) is 18.1. The summed E-state index contributed by atoms with van der Waals surface area (Å²) in [4.78, 5) is 37.2. The van der Waals surface area contributed by atoms with E-state index in [0.29, 0.717) is 29.9 Å². The number of unbranched alkanes of at least 4 members (excludes halogenated alkanes) is 1. The fourth-order valence-corrected chi connectivity index (χ4v) is 4.17. The number of thioether (sulfide) groups is 1. The number of carbonyl (C=O) groups is 2. The summed E-state index contributed by atoms with van der Waals surface area (Å²) in [6.07, 6.45) is 4.08. The second-order valence-corrected chi connectivity index (χ2v) is 8.75. The summed E-state index contributed by atoms with van der Waals surface area (Å²) in [7, 11) is 0. The maximum absolute atomic E-state index is 12.4. The molecule has 1 aliphatic heterocycles. The summed E-state index contributed by atoms with van der Waals surface area (Å²) < 4.78 is 0. The number of halogens is 1. The summed E-state index contributed by atoms with van der Waals surface area (Å²) in [6.45, 7) is 6.99. The van der Waals surface area contributed by atoms with Gasteiger partial charge in [-0.1, -0.05) is 36.7 Å². The van der Waals surface area contributed by atoms with Crippen LogP contribution >= 0.6 is 23.4 Å². The molecule has 0 spiro atoms. The number of anilines is 1. The van der Waals surface area contributed by atoms with Gasteiger partial charge in [-0.25, -0.2) is 9.97 Å². The number of amides is 2. The van der Waals surface area contributed by atoms with E-state index in [0.717, 1.165) is 38.0 Å². The molecule has 3 rings (SSSR count). The van der Waals surface area contributed by atoms with Gasteiger partial charge in [0, 0.05) is 44.2 Å². The predicted molar refractivity (Wildman–Crippen MR) is 112 cm³/mol. The normalized spacial score (nSPS) is 19.6. The third-order valence-electron chi connectivity index (χ3n) is 5.01. The van der Waals surface area contributed by atoms with Crippen LogP contribution in [0.15, 0.2) is 11.2 Å². The largest absolute Gasteiger partial charge is 0.355 e. The molecule has 2 amide bonds. The lowest BCUT2D eigenvalue weighted by atomic mass is 10.1. The molecular formula is C19H28ClN5O2S. The average molecular weight is 426 g/mol. The molecule has 7 nitrogen and oxygen atoms in total. The van der Waals surface area contributed by atoms with E-state index < -0.39 is 0 Å². The van der Waals surface area contributed by atoms with Crippen LogP contribution in [0.4, 0.5) is 5.82 Å². The first-order chi connectivity index (χ1) is 13.5. The summed E-state index contributed by atoms with van der Waals surface area (Å²) >= 11 is 7.48. The first kappa shape index (κ1) is 21.2. The topological polar surface area (TPSA) is 78.4 Å². The van der Waals surface area contributed by atoms with Gasteiger partial charge < -0.3 is 15.1 Å². The number of hydrogen-bond acceptors (Lipinski definition) is 6. The second-order valence-electron chi connectivity index (χ2n) is 7.42. The molecule has 0 bridgehead atoms. The molecule has 154 valence electrons. The number of piperazine rings is 1. The highest BCUT2D eigenvalue weighted by Crippen LogP contribution is 2.32. The predicted octanol–water partition coefficient (Wildman–Crippen LogP) is 2.59. The molecule has 2 aliphatic rings. The monoisotopic (exact) mass is 425 g/mol. The highest BCUT2D eigenvalue weighted by Gasteiger charge is 2.37. The first-order valence-corrected chi connectivity index (χ1v) is 11.3. The number of nitrogens with zero attached hydrogens (tertiary/aromatic N) is 4. The minimum atomic E-state index is -0.0237. The minimum Gasteiger partial charge on any atom is -0.355 e. The van der Waals surface area contributed by atoms with Gasteiger partial charge in [0.05, 0.1) is 5.75 Å². The van der Waals surface area contributed by atoms with Crippen LogP contribution in [0, 0.1) is 5.92 Å². The van der Waals surface area contributed by atoms with Crippen LogP contribution in [0.1, 0.15) is 39.5 Å². The Bertz CT molecular complexity index is 716. The molecule has 1 saturated heterocycles. The molecule has 0 aromatic carbocycles. The quantitative estimate of drug-likeness (QED) is 0.298. The second kappa shape index (κ2) is 9.78. The van der Waals surface area contributed by atoms with Crippen molar-refractivity contribution in [1.82, 2.24) is 20.2 Å². The lowest BCUT2D eigenvalue weighted by Crippen LogP contribution is -2.54. The van der Waals surface area contributed by atoms with Gasteiger partial charge in [-0.2, -0.15) is 0 Å². The van der Waals surface area contributed by atoms with E-state index in [-0.39, 0.29) is 29.5 Å². The standard InChI is InChI=1S/C19H28ClN5O2S/c1-3-4-7-21-17(26)12-28-19-22-15(20)10-16(23-19)24-8-9-25(13(2)11-24)18(27)14-5-6-14/h10,13-14H,3-9,11-12H2,1-2H3,(H,21,26)/t13-/m0/s1. The molecule has 1 aromatic heterocycles. The number of rotatable bonds is 8. The van der Waals surface area contributed by atoms with Gasteiger partial charge >= 0.3 is 0 Å². The molecule has 1 atom stereocenters. The Hall–Kier alpha value is -1.54. The third-order valence-corrected chi connectivity index (χ3v) is 6.05. The van der Waals surface area contributed by atoms with Gasteiger partial charge in [0.2, 0.25) is 11.8 Å². The fraction of sp³-hybridized carbons (Fsp3) is 0.684. The lowest BCUT2D eigenvalue weighted by Gasteiger charge is -2.40. The number of nitrogens with one attached hydrogen (secondary N) is 1. The van der Waals surface area contributed by atoms with Crippen LogP contribution in [-0.2, 0) is 9.59 Å². The van der Waals surface area contributed by atoms with Crippen molar-refractivity contribution in [3.05, 3.63) is 11.2 Å². The molecule has 9 heteroatoms. The molecule has 0 unspecified atom stereocenters. The number of aromatic nitrogens is 2. The minimum absolute atomic E-state index is 0.0237.